The van der Waals surface area contributed by atoms with E-state index in [2.05, 4.69) is 0 Å². The second kappa shape index (κ2) is 14.1. The van der Waals surface area contributed by atoms with Crippen molar-refractivity contribution in [2.75, 3.05) is 0 Å². The van der Waals surface area contributed by atoms with Crippen LogP contribution in [0, 0.1) is 0 Å². The zero-order valence-corrected chi connectivity index (χ0v) is 17.4. The van der Waals surface area contributed by atoms with Crippen LogP contribution in [-0.2, 0) is 28.8 Å². The predicted octanol–water partition coefficient (Wildman–Crippen LogP) is -11.3. The van der Waals surface area contributed by atoms with Crippen molar-refractivity contribution in [2.45, 2.75) is 36.9 Å². The Bertz CT molecular complexity index is 519. The van der Waals surface area contributed by atoms with Gasteiger partial charge >= 0.3 is 41.8 Å². The van der Waals surface area contributed by atoms with Gasteiger partial charge in [-0.05, 0) is 0 Å². The third-order valence-corrected chi connectivity index (χ3v) is 2.51. The number of rotatable bonds is 10. The first-order valence-corrected chi connectivity index (χ1v) is 6.23. The van der Waals surface area contributed by atoms with Crippen LogP contribution >= 0.6 is 0 Å². The molecule has 2 radical (unpaired) electrons. The van der Waals surface area contributed by atoms with Crippen molar-refractivity contribution in [3.05, 3.63) is 0 Å². The molecule has 0 aromatic carbocycles. The first-order valence-electron chi connectivity index (χ1n) is 6.23. The molecule has 0 atom stereocenters. The summed E-state index contributed by atoms with van der Waals surface area (Å²) >= 11 is 0. The van der Waals surface area contributed by atoms with Crippen LogP contribution in [0.4, 0.5) is 0 Å². The summed E-state index contributed by atoms with van der Waals surface area (Å²) in [6.45, 7) is 0. The van der Waals surface area contributed by atoms with E-state index in [-0.39, 0.29) is 41.8 Å². The summed E-state index contributed by atoms with van der Waals surface area (Å²) in [5.41, 5.74) is -5.95. The second-order valence-electron chi connectivity index (χ2n) is 4.83. The number of aliphatic carboxylic acids is 6. The van der Waals surface area contributed by atoms with Crippen LogP contribution in [-0.4, -0.2) is 99.0 Å². The van der Waals surface area contributed by atoms with Gasteiger partial charge in [0.05, 0.1) is 11.9 Å². The van der Waals surface area contributed by atoms with Gasteiger partial charge in [-0.3, -0.25) is 0 Å². The summed E-state index contributed by atoms with van der Waals surface area (Å²) in [4.78, 5) is 60.0. The monoisotopic (exact) mass is 526 g/mol. The topological polar surface area (TPSA) is 281 Å². The zero-order valence-electron chi connectivity index (χ0n) is 13.6. The maximum Gasteiger partial charge on any atom is 3.00 e. The molecule has 0 aliphatic heterocycles. The van der Waals surface area contributed by atoms with Crippen molar-refractivity contribution >= 4 is 77.6 Å². The molecule has 0 amide bonds. The maximum absolute atomic E-state index is 10.1. The Balaban J connectivity index is -0.000000192. The van der Waals surface area contributed by atoms with Crippen LogP contribution < -0.4 is 30.6 Å². The Hall–Kier alpha value is -1.91. The van der Waals surface area contributed by atoms with E-state index in [0.29, 0.717) is 0 Å². The van der Waals surface area contributed by atoms with Crippen molar-refractivity contribution in [3.63, 3.8) is 0 Å². The standard InChI is InChI=1S/2C6H8O7.Al.Sb/c2*7-3(8)1-6(13,5(11)12)2-4(9)10;;/h2*13H,1-2H2,(H,7,8)(H,9,10)(H,11,12);;/q;;2*+3/p-6. The van der Waals surface area contributed by atoms with E-state index in [1.54, 1.807) is 0 Å². The fourth-order valence-electron chi connectivity index (χ4n) is 1.37. The minimum absolute atomic E-state index is 0. The third-order valence-electron chi connectivity index (χ3n) is 2.51. The van der Waals surface area contributed by atoms with Crippen LogP contribution in [0.15, 0.2) is 0 Å². The van der Waals surface area contributed by atoms with Gasteiger partial charge in [-0.2, -0.15) is 0 Å². The van der Waals surface area contributed by atoms with Crippen LogP contribution in [0.3, 0.4) is 0 Å². The molecule has 0 heterocycles. The third kappa shape index (κ3) is 14.2. The van der Waals surface area contributed by atoms with Gasteiger partial charge in [-0.15, -0.1) is 0 Å². The fraction of sp³-hybridized carbons (Fsp3) is 0.500. The largest absolute Gasteiger partial charge is 3.00 e. The number of hydrogen-bond donors (Lipinski definition) is 2. The summed E-state index contributed by atoms with van der Waals surface area (Å²) in [5.74, 6) is -12.0. The van der Waals surface area contributed by atoms with E-state index in [1.807, 2.05) is 0 Å². The Kier molecular flexibility index (Phi) is 17.0. The quantitative estimate of drug-likeness (QED) is 0.250. The van der Waals surface area contributed by atoms with Gasteiger partial charge in [0.2, 0.25) is 0 Å². The van der Waals surface area contributed by atoms with Gasteiger partial charge in [-0.25, -0.2) is 0 Å². The molecule has 2 N–H and O–H groups in total. The Morgan fingerprint density at radius 3 is 0.750 bits per heavy atom. The van der Waals surface area contributed by atoms with Gasteiger partial charge in [0.1, 0.15) is 11.2 Å². The fourth-order valence-corrected chi connectivity index (χ4v) is 1.37. The first-order chi connectivity index (χ1) is 11.6. The van der Waals surface area contributed by atoms with E-state index in [9.17, 15) is 59.4 Å². The Morgan fingerprint density at radius 1 is 0.536 bits per heavy atom. The molecule has 0 aliphatic rings. The summed E-state index contributed by atoms with van der Waals surface area (Å²) in [5, 5.41) is 77.9. The van der Waals surface area contributed by atoms with E-state index in [1.165, 1.54) is 0 Å². The number of carboxylic acid groups (broad SMARTS) is 6. The predicted molar refractivity (Wildman–Crippen MR) is 69.9 cm³/mol. The van der Waals surface area contributed by atoms with Gasteiger partial charge in [0.25, 0.3) is 0 Å². The van der Waals surface area contributed by atoms with E-state index in [0.717, 1.165) is 0 Å². The summed E-state index contributed by atoms with van der Waals surface area (Å²) in [7, 11) is 0. The summed E-state index contributed by atoms with van der Waals surface area (Å²) in [6.07, 6.45) is -5.43. The average Bonchev–Trinajstić information content (AvgIpc) is 2.34. The van der Waals surface area contributed by atoms with Crippen molar-refractivity contribution in [2.24, 2.45) is 0 Å². The molecule has 0 aromatic heterocycles. The molecule has 0 aromatic rings. The molecule has 0 rings (SSSR count). The molecule has 14 nitrogen and oxygen atoms in total. The van der Waals surface area contributed by atoms with Crippen molar-refractivity contribution in [1.29, 1.82) is 0 Å². The van der Waals surface area contributed by atoms with Crippen LogP contribution in [0.1, 0.15) is 25.7 Å². The van der Waals surface area contributed by atoms with Crippen LogP contribution in [0.25, 0.3) is 0 Å². The maximum atomic E-state index is 10.1. The molecular formula is C12H10AlO14Sb. The number of carboxylic acids is 6. The summed E-state index contributed by atoms with van der Waals surface area (Å²) in [6, 6.07) is 0. The van der Waals surface area contributed by atoms with Gasteiger partial charge < -0.3 is 69.6 Å². The SMILES string of the molecule is O=C([O-])CC(O)(CC(=O)[O-])C(=O)[O-].O=C([O-])CC(O)(CC(=O)[O-])C(=O)[O-].[Al+3].[Sb+3]. The molecule has 150 valence electrons. The van der Waals surface area contributed by atoms with E-state index >= 15 is 0 Å². The minimum Gasteiger partial charge on any atom is -0.550 e. The van der Waals surface area contributed by atoms with E-state index in [4.69, 9.17) is 10.2 Å². The molecule has 0 aliphatic carbocycles. The molecule has 0 saturated carbocycles. The first kappa shape index (κ1) is 33.7. The van der Waals surface area contributed by atoms with Gasteiger partial charge in [0, 0.05) is 49.6 Å². The number of carbonyl (C=O) groups is 6. The molecule has 0 spiro atoms. The molecule has 28 heavy (non-hydrogen) atoms. The zero-order chi connectivity index (χ0) is 21.3. The van der Waals surface area contributed by atoms with Crippen LogP contribution in [0.2, 0.25) is 0 Å². The average molecular weight is 527 g/mol. The minimum atomic E-state index is -2.97. The smallest absolute Gasteiger partial charge is 0.550 e. The van der Waals surface area contributed by atoms with Crippen molar-refractivity contribution in [3.8, 4) is 0 Å². The van der Waals surface area contributed by atoms with Gasteiger partial charge in [0.15, 0.2) is 0 Å². The molecule has 16 heteroatoms. The number of hydrogen-bond acceptors (Lipinski definition) is 14. The normalized spacial score (nSPS) is 10.1. The Morgan fingerprint density at radius 2 is 0.679 bits per heavy atom. The van der Waals surface area contributed by atoms with E-state index < -0.39 is 72.7 Å². The molecule has 0 saturated heterocycles. The number of carbonyl (C=O) groups excluding carboxylic acids is 6. The molecule has 0 bridgehead atoms. The second-order valence-corrected chi connectivity index (χ2v) is 4.83. The molecule has 0 fully saturated rings. The Labute approximate surface area is 184 Å². The van der Waals surface area contributed by atoms with Crippen LogP contribution in [0.5, 0.6) is 0 Å². The molecular weight excluding hydrogens is 517 g/mol. The van der Waals surface area contributed by atoms with Gasteiger partial charge in [-0.1, -0.05) is 0 Å². The molecule has 0 unspecified atom stereocenters. The summed E-state index contributed by atoms with van der Waals surface area (Å²) < 4.78 is 0. The van der Waals surface area contributed by atoms with Crippen molar-refractivity contribution < 1.29 is 69.6 Å². The van der Waals surface area contributed by atoms with Crippen molar-refractivity contribution in [1.82, 2.24) is 0 Å². The number of aliphatic hydroxyl groups is 2.